The third-order valence-corrected chi connectivity index (χ3v) is 5.16. The van der Waals surface area contributed by atoms with Gasteiger partial charge in [0.25, 0.3) is 11.5 Å². The van der Waals surface area contributed by atoms with E-state index in [0.717, 1.165) is 11.2 Å². The summed E-state index contributed by atoms with van der Waals surface area (Å²) in [5.41, 5.74) is 8.10. The number of aliphatic hydroxyl groups excluding tert-OH is 1. The lowest BCUT2D eigenvalue weighted by atomic mass is 10.1. The molecule has 4 rings (SSSR count). The molecule has 4 heterocycles. The second kappa shape index (κ2) is 8.66. The van der Waals surface area contributed by atoms with Crippen LogP contribution in [0.3, 0.4) is 0 Å². The molecule has 0 aliphatic carbocycles. The summed E-state index contributed by atoms with van der Waals surface area (Å²) in [5, 5.41) is 12.9. The highest BCUT2D eigenvalue weighted by molar-refractivity contribution is 5.92. The molecule has 1 atom stereocenters. The zero-order valence-electron chi connectivity index (χ0n) is 17.2. The Bertz CT molecular complexity index is 1310. The van der Waals surface area contributed by atoms with Crippen molar-refractivity contribution >= 4 is 17.2 Å². The van der Waals surface area contributed by atoms with Crippen LogP contribution in [-0.2, 0) is 13.0 Å². The smallest absolute Gasteiger partial charge is 0.267 e. The van der Waals surface area contributed by atoms with Crippen molar-refractivity contribution in [3.05, 3.63) is 81.8 Å². The summed E-state index contributed by atoms with van der Waals surface area (Å²) >= 11 is 0. The molecule has 0 aliphatic heterocycles. The Labute approximate surface area is 178 Å². The van der Waals surface area contributed by atoms with Crippen LogP contribution in [0.5, 0.6) is 0 Å². The first-order valence-corrected chi connectivity index (χ1v) is 10.1. The second-order valence-corrected chi connectivity index (χ2v) is 7.44. The average Bonchev–Trinajstić information content (AvgIpc) is 3.17. The van der Waals surface area contributed by atoms with Crippen LogP contribution in [0.4, 0.5) is 0 Å². The number of amides is 1. The summed E-state index contributed by atoms with van der Waals surface area (Å²) in [6, 6.07) is 8.96. The molecule has 160 valence electrons. The number of primary amides is 1. The Morgan fingerprint density at radius 1 is 1.19 bits per heavy atom. The Kier molecular flexibility index (Phi) is 5.79. The second-order valence-electron chi connectivity index (χ2n) is 7.44. The largest absolute Gasteiger partial charge is 0.392 e. The van der Waals surface area contributed by atoms with Crippen molar-refractivity contribution in [3.8, 4) is 0 Å². The van der Waals surface area contributed by atoms with E-state index in [1.807, 2.05) is 35.9 Å². The van der Waals surface area contributed by atoms with Crippen LogP contribution < -0.4 is 16.6 Å². The van der Waals surface area contributed by atoms with Gasteiger partial charge in [-0.15, -0.1) is 0 Å². The van der Waals surface area contributed by atoms with Crippen molar-refractivity contribution in [1.29, 1.82) is 0 Å². The van der Waals surface area contributed by atoms with Gasteiger partial charge in [0, 0.05) is 38.1 Å². The zero-order valence-corrected chi connectivity index (χ0v) is 17.2. The van der Waals surface area contributed by atoms with E-state index in [-0.39, 0.29) is 29.3 Å². The van der Waals surface area contributed by atoms with Crippen LogP contribution >= 0.6 is 0 Å². The number of rotatable bonds is 8. The minimum absolute atomic E-state index is 0.0346. The van der Waals surface area contributed by atoms with E-state index in [4.69, 9.17) is 5.73 Å². The summed E-state index contributed by atoms with van der Waals surface area (Å²) in [6.07, 6.45) is 5.85. The molecule has 1 amide bonds. The van der Waals surface area contributed by atoms with E-state index in [9.17, 15) is 14.7 Å². The summed E-state index contributed by atoms with van der Waals surface area (Å²) in [4.78, 5) is 33.8. The minimum atomic E-state index is -0.746. The van der Waals surface area contributed by atoms with Crippen LogP contribution in [0.25, 0.3) is 11.3 Å². The fourth-order valence-corrected chi connectivity index (χ4v) is 3.48. The van der Waals surface area contributed by atoms with Gasteiger partial charge in [0.05, 0.1) is 17.4 Å². The quantitative estimate of drug-likeness (QED) is 0.389. The molecule has 1 unspecified atom stereocenters. The fourth-order valence-electron chi connectivity index (χ4n) is 3.48. The van der Waals surface area contributed by atoms with Crippen LogP contribution in [0.1, 0.15) is 40.7 Å². The maximum Gasteiger partial charge on any atom is 0.267 e. The first kappa shape index (κ1) is 20.7. The highest BCUT2D eigenvalue weighted by Gasteiger charge is 2.18. The molecular formula is C22H24N6O3. The van der Waals surface area contributed by atoms with Crippen LogP contribution in [-0.4, -0.2) is 42.4 Å². The topological polar surface area (TPSA) is 127 Å². The van der Waals surface area contributed by atoms with Gasteiger partial charge in [-0.3, -0.25) is 14.0 Å². The van der Waals surface area contributed by atoms with Crippen molar-refractivity contribution in [1.82, 2.24) is 24.1 Å². The number of aromatic nitrogens is 4. The lowest BCUT2D eigenvalue weighted by Gasteiger charge is -2.09. The molecule has 0 aromatic carbocycles. The predicted molar refractivity (Wildman–Crippen MR) is 116 cm³/mol. The van der Waals surface area contributed by atoms with Crippen molar-refractivity contribution in [2.24, 2.45) is 5.73 Å². The number of pyridine rings is 2. The van der Waals surface area contributed by atoms with Gasteiger partial charge in [0.2, 0.25) is 0 Å². The van der Waals surface area contributed by atoms with Gasteiger partial charge in [-0.2, -0.15) is 0 Å². The van der Waals surface area contributed by atoms with Crippen molar-refractivity contribution in [2.45, 2.75) is 32.4 Å². The number of hydrogen-bond donors (Lipinski definition) is 3. The average molecular weight is 420 g/mol. The number of imidazole rings is 1. The van der Waals surface area contributed by atoms with Crippen molar-refractivity contribution < 1.29 is 9.90 Å². The Balaban J connectivity index is 1.63. The van der Waals surface area contributed by atoms with E-state index in [0.29, 0.717) is 30.9 Å². The molecule has 9 nitrogen and oxygen atoms in total. The minimum Gasteiger partial charge on any atom is -0.392 e. The standard InChI is InChI=1S/C22H24N6O3/c1-2-16(29)11-24-10-14-6-7-18-25-15(13-27(18)12-14)9-17-20(21(23)30)26-19-5-3-4-8-28(19)22(17)31/h3-8,12-13,16,24,29H,2,9-11H2,1H3,(H2,23,30). The maximum atomic E-state index is 13.0. The van der Waals surface area contributed by atoms with E-state index < -0.39 is 5.91 Å². The zero-order chi connectivity index (χ0) is 22.0. The van der Waals surface area contributed by atoms with Gasteiger partial charge < -0.3 is 20.6 Å². The van der Waals surface area contributed by atoms with Crippen LogP contribution in [0.15, 0.2) is 53.7 Å². The molecule has 31 heavy (non-hydrogen) atoms. The van der Waals surface area contributed by atoms with Crippen molar-refractivity contribution in [3.63, 3.8) is 0 Å². The molecule has 0 saturated carbocycles. The van der Waals surface area contributed by atoms with Gasteiger partial charge in [0.15, 0.2) is 0 Å². The maximum absolute atomic E-state index is 13.0. The summed E-state index contributed by atoms with van der Waals surface area (Å²) in [7, 11) is 0. The summed E-state index contributed by atoms with van der Waals surface area (Å²) in [6.45, 7) is 3.08. The lowest BCUT2D eigenvalue weighted by Crippen LogP contribution is -2.27. The predicted octanol–water partition coefficient (Wildman–Crippen LogP) is 0.892. The molecule has 0 spiro atoms. The number of nitrogens with two attached hydrogens (primary N) is 1. The number of aliphatic hydroxyl groups is 1. The number of hydrogen-bond acceptors (Lipinski definition) is 6. The third-order valence-electron chi connectivity index (χ3n) is 5.16. The van der Waals surface area contributed by atoms with Gasteiger partial charge in [-0.1, -0.05) is 19.1 Å². The fraction of sp³-hybridized carbons (Fsp3) is 0.273. The molecule has 4 N–H and O–H groups in total. The van der Waals surface area contributed by atoms with Crippen LogP contribution in [0.2, 0.25) is 0 Å². The molecule has 9 heteroatoms. The normalized spacial score (nSPS) is 12.5. The molecule has 0 aliphatic rings. The highest BCUT2D eigenvalue weighted by atomic mass is 16.3. The first-order chi connectivity index (χ1) is 15.0. The molecular weight excluding hydrogens is 396 g/mol. The highest BCUT2D eigenvalue weighted by Crippen LogP contribution is 2.13. The number of carbonyl (C=O) groups excluding carboxylic acids is 1. The van der Waals surface area contributed by atoms with E-state index >= 15 is 0 Å². The summed E-state index contributed by atoms with van der Waals surface area (Å²) < 4.78 is 3.27. The number of nitrogens with zero attached hydrogens (tertiary/aromatic N) is 4. The lowest BCUT2D eigenvalue weighted by molar-refractivity contribution is 0.0994. The van der Waals surface area contributed by atoms with Crippen molar-refractivity contribution in [2.75, 3.05) is 6.54 Å². The van der Waals surface area contributed by atoms with Crippen LogP contribution in [0, 0.1) is 0 Å². The monoisotopic (exact) mass is 420 g/mol. The van der Waals surface area contributed by atoms with E-state index in [1.165, 1.54) is 4.40 Å². The number of nitrogens with one attached hydrogen (secondary N) is 1. The van der Waals surface area contributed by atoms with Gasteiger partial charge >= 0.3 is 0 Å². The van der Waals surface area contributed by atoms with Gasteiger partial charge in [-0.05, 0) is 30.2 Å². The Morgan fingerprint density at radius 3 is 2.81 bits per heavy atom. The van der Waals surface area contributed by atoms with Gasteiger partial charge in [0.1, 0.15) is 17.0 Å². The molecule has 0 saturated heterocycles. The Hall–Kier alpha value is -3.56. The third kappa shape index (κ3) is 4.32. The van der Waals surface area contributed by atoms with E-state index in [1.54, 1.807) is 24.4 Å². The molecule has 4 aromatic rings. The molecule has 4 aromatic heterocycles. The van der Waals surface area contributed by atoms with Gasteiger partial charge in [-0.25, -0.2) is 9.97 Å². The summed E-state index contributed by atoms with van der Waals surface area (Å²) in [5.74, 6) is -0.746. The molecule has 0 bridgehead atoms. The molecule has 0 radical (unpaired) electrons. The number of fused-ring (bicyclic) bond motifs is 2. The SMILES string of the molecule is CCC(O)CNCc1ccc2nc(Cc3c(C(N)=O)nc4ccccn4c3=O)cn2c1. The first-order valence-electron chi connectivity index (χ1n) is 10.1. The Morgan fingerprint density at radius 2 is 2.03 bits per heavy atom. The van der Waals surface area contributed by atoms with E-state index in [2.05, 4.69) is 15.3 Å². The number of carbonyl (C=O) groups is 1. The molecule has 0 fully saturated rings.